The standard InChI is InChI=1S/C26H21N3O4/c1-32-21-14-10-20(11-15-21)26(31)33-22-12-8-19(9-13-22)18-27-28-25(30)23-6-2-3-7-24(23)29-16-4-5-17-29/h2-18H,1H3,(H,28,30)/b27-18-. The van der Waals surface area contributed by atoms with Gasteiger partial charge in [-0.1, -0.05) is 12.1 Å². The van der Waals surface area contributed by atoms with E-state index in [9.17, 15) is 9.59 Å². The van der Waals surface area contributed by atoms with Gasteiger partial charge in [0.05, 0.1) is 30.1 Å². The summed E-state index contributed by atoms with van der Waals surface area (Å²) < 4.78 is 12.3. The maximum atomic E-state index is 12.6. The summed E-state index contributed by atoms with van der Waals surface area (Å²) in [7, 11) is 1.56. The average Bonchev–Trinajstić information content (AvgIpc) is 3.40. The van der Waals surface area contributed by atoms with Crippen LogP contribution in [-0.4, -0.2) is 29.8 Å². The van der Waals surface area contributed by atoms with Crippen molar-refractivity contribution in [1.29, 1.82) is 0 Å². The van der Waals surface area contributed by atoms with Gasteiger partial charge in [0.15, 0.2) is 0 Å². The van der Waals surface area contributed by atoms with Gasteiger partial charge in [-0.25, -0.2) is 10.2 Å². The number of hydrogen-bond acceptors (Lipinski definition) is 5. The Hall–Kier alpha value is -4.65. The fourth-order valence-corrected chi connectivity index (χ4v) is 3.13. The number of ether oxygens (including phenoxy) is 2. The number of rotatable bonds is 7. The van der Waals surface area contributed by atoms with Crippen molar-refractivity contribution < 1.29 is 19.1 Å². The van der Waals surface area contributed by atoms with E-state index in [-0.39, 0.29) is 5.91 Å². The van der Waals surface area contributed by atoms with Gasteiger partial charge in [0.1, 0.15) is 11.5 Å². The topological polar surface area (TPSA) is 81.9 Å². The van der Waals surface area contributed by atoms with E-state index in [0.29, 0.717) is 22.6 Å². The summed E-state index contributed by atoms with van der Waals surface area (Å²) in [6.45, 7) is 0. The Labute approximate surface area is 190 Å². The molecule has 0 spiro atoms. The number of amides is 1. The Kier molecular flexibility index (Phi) is 6.61. The van der Waals surface area contributed by atoms with Crippen molar-refractivity contribution in [3.05, 3.63) is 114 Å². The molecule has 1 heterocycles. The maximum Gasteiger partial charge on any atom is 0.343 e. The monoisotopic (exact) mass is 439 g/mol. The van der Waals surface area contributed by atoms with Gasteiger partial charge in [-0.2, -0.15) is 5.10 Å². The lowest BCUT2D eigenvalue weighted by molar-refractivity contribution is 0.0734. The van der Waals surface area contributed by atoms with Gasteiger partial charge in [0.25, 0.3) is 5.91 Å². The van der Waals surface area contributed by atoms with Crippen LogP contribution in [0.15, 0.2) is 102 Å². The molecule has 1 aromatic heterocycles. The first-order chi connectivity index (χ1) is 16.1. The van der Waals surface area contributed by atoms with Crippen LogP contribution in [0.4, 0.5) is 0 Å². The van der Waals surface area contributed by atoms with Crippen LogP contribution in [0.2, 0.25) is 0 Å². The molecule has 4 rings (SSSR count). The van der Waals surface area contributed by atoms with E-state index in [1.54, 1.807) is 67.8 Å². The quantitative estimate of drug-likeness (QED) is 0.199. The van der Waals surface area contributed by atoms with E-state index >= 15 is 0 Å². The maximum absolute atomic E-state index is 12.6. The lowest BCUT2D eigenvalue weighted by Crippen LogP contribution is -2.19. The number of hydrazone groups is 1. The van der Waals surface area contributed by atoms with Gasteiger partial charge in [0, 0.05) is 12.4 Å². The second-order valence-corrected chi connectivity index (χ2v) is 6.99. The Balaban J connectivity index is 1.36. The third-order valence-electron chi connectivity index (χ3n) is 4.83. The van der Waals surface area contributed by atoms with Crippen LogP contribution in [-0.2, 0) is 0 Å². The molecular weight excluding hydrogens is 418 g/mol. The summed E-state index contributed by atoms with van der Waals surface area (Å²) in [5.74, 6) is 0.279. The van der Waals surface area contributed by atoms with E-state index in [0.717, 1.165) is 11.3 Å². The number of benzene rings is 3. The summed E-state index contributed by atoms with van der Waals surface area (Å²) in [4.78, 5) is 24.9. The highest BCUT2D eigenvalue weighted by Crippen LogP contribution is 2.17. The molecule has 0 atom stereocenters. The third kappa shape index (κ3) is 5.34. The van der Waals surface area contributed by atoms with Crippen molar-refractivity contribution in [3.8, 4) is 17.2 Å². The number of methoxy groups -OCH3 is 1. The Bertz CT molecular complexity index is 1260. The first-order valence-corrected chi connectivity index (χ1v) is 10.2. The molecule has 3 aromatic carbocycles. The number of carbonyl (C=O) groups is 2. The molecule has 0 saturated carbocycles. The molecule has 0 aliphatic carbocycles. The zero-order chi connectivity index (χ0) is 23.0. The van der Waals surface area contributed by atoms with Crippen molar-refractivity contribution in [1.82, 2.24) is 9.99 Å². The zero-order valence-electron chi connectivity index (χ0n) is 17.8. The van der Waals surface area contributed by atoms with Crippen LogP contribution in [0, 0.1) is 0 Å². The number of esters is 1. The van der Waals surface area contributed by atoms with Crippen molar-refractivity contribution in [2.45, 2.75) is 0 Å². The van der Waals surface area contributed by atoms with Gasteiger partial charge in [0.2, 0.25) is 0 Å². The number of aromatic nitrogens is 1. The largest absolute Gasteiger partial charge is 0.497 e. The lowest BCUT2D eigenvalue weighted by atomic mass is 10.1. The van der Waals surface area contributed by atoms with Crippen LogP contribution in [0.1, 0.15) is 26.3 Å². The number of carbonyl (C=O) groups excluding carboxylic acids is 2. The van der Waals surface area contributed by atoms with E-state index < -0.39 is 5.97 Å². The smallest absolute Gasteiger partial charge is 0.343 e. The highest BCUT2D eigenvalue weighted by Gasteiger charge is 2.11. The van der Waals surface area contributed by atoms with Gasteiger partial charge in [-0.05, 0) is 78.4 Å². The zero-order valence-corrected chi connectivity index (χ0v) is 17.8. The van der Waals surface area contributed by atoms with Crippen molar-refractivity contribution >= 4 is 18.1 Å². The molecule has 0 saturated heterocycles. The van der Waals surface area contributed by atoms with Crippen LogP contribution in [0.5, 0.6) is 11.5 Å². The molecule has 33 heavy (non-hydrogen) atoms. The van der Waals surface area contributed by atoms with Gasteiger partial charge >= 0.3 is 5.97 Å². The highest BCUT2D eigenvalue weighted by atomic mass is 16.5. The van der Waals surface area contributed by atoms with E-state index in [1.807, 2.05) is 41.2 Å². The molecule has 4 aromatic rings. The van der Waals surface area contributed by atoms with Crippen LogP contribution in [0.3, 0.4) is 0 Å². The normalized spacial score (nSPS) is 10.7. The molecule has 1 amide bonds. The summed E-state index contributed by atoms with van der Waals surface area (Å²) in [5.41, 5.74) is 4.97. The number of para-hydroxylation sites is 1. The third-order valence-corrected chi connectivity index (χ3v) is 4.83. The van der Waals surface area contributed by atoms with Crippen molar-refractivity contribution in [2.24, 2.45) is 5.10 Å². The van der Waals surface area contributed by atoms with Gasteiger partial charge in [-0.15, -0.1) is 0 Å². The van der Waals surface area contributed by atoms with Crippen molar-refractivity contribution in [2.75, 3.05) is 7.11 Å². The average molecular weight is 439 g/mol. The van der Waals surface area contributed by atoms with E-state index in [4.69, 9.17) is 9.47 Å². The summed E-state index contributed by atoms with van der Waals surface area (Å²) >= 11 is 0. The predicted octanol–water partition coefficient (Wildman–Crippen LogP) is 4.47. The second kappa shape index (κ2) is 10.1. The minimum atomic E-state index is -0.465. The number of nitrogens with one attached hydrogen (secondary N) is 1. The van der Waals surface area contributed by atoms with Crippen LogP contribution in [0.25, 0.3) is 5.69 Å². The molecular formula is C26H21N3O4. The van der Waals surface area contributed by atoms with Gasteiger partial charge in [-0.3, -0.25) is 4.79 Å². The molecule has 7 heteroatoms. The number of nitrogens with zero attached hydrogens (tertiary/aromatic N) is 2. The van der Waals surface area contributed by atoms with Crippen molar-refractivity contribution in [3.63, 3.8) is 0 Å². The second-order valence-electron chi connectivity index (χ2n) is 6.99. The number of hydrogen-bond donors (Lipinski definition) is 1. The van der Waals surface area contributed by atoms with Crippen LogP contribution < -0.4 is 14.9 Å². The molecule has 0 fully saturated rings. The SMILES string of the molecule is COc1ccc(C(=O)Oc2ccc(/C=N\NC(=O)c3ccccc3-n3cccc3)cc2)cc1. The molecule has 0 aliphatic rings. The predicted molar refractivity (Wildman–Crippen MR) is 125 cm³/mol. The summed E-state index contributed by atoms with van der Waals surface area (Å²) in [6, 6.07) is 24.5. The molecule has 7 nitrogen and oxygen atoms in total. The molecule has 164 valence electrons. The Morgan fingerprint density at radius 1 is 0.848 bits per heavy atom. The van der Waals surface area contributed by atoms with Crippen LogP contribution >= 0.6 is 0 Å². The Morgan fingerprint density at radius 2 is 1.52 bits per heavy atom. The molecule has 0 unspecified atom stereocenters. The minimum Gasteiger partial charge on any atom is -0.497 e. The first kappa shape index (κ1) is 21.6. The van der Waals surface area contributed by atoms with E-state index in [1.165, 1.54) is 6.21 Å². The fraction of sp³-hybridized carbons (Fsp3) is 0.0385. The molecule has 0 bridgehead atoms. The summed E-state index contributed by atoms with van der Waals surface area (Å²) in [6.07, 6.45) is 5.27. The molecule has 0 radical (unpaired) electrons. The Morgan fingerprint density at radius 3 is 2.21 bits per heavy atom. The summed E-state index contributed by atoms with van der Waals surface area (Å²) in [5, 5.41) is 4.04. The molecule has 1 N–H and O–H groups in total. The minimum absolute atomic E-state index is 0.319. The van der Waals surface area contributed by atoms with Gasteiger partial charge < -0.3 is 14.0 Å². The van der Waals surface area contributed by atoms with E-state index in [2.05, 4.69) is 10.5 Å². The highest BCUT2D eigenvalue weighted by molar-refractivity contribution is 5.98. The fourth-order valence-electron chi connectivity index (χ4n) is 3.13. The molecule has 0 aliphatic heterocycles. The lowest BCUT2D eigenvalue weighted by Gasteiger charge is -2.09. The first-order valence-electron chi connectivity index (χ1n) is 10.2.